The summed E-state index contributed by atoms with van der Waals surface area (Å²) in [6.07, 6.45) is 2.12. The highest BCUT2D eigenvalue weighted by Crippen LogP contribution is 2.21. The molecule has 2 N–H and O–H groups in total. The molecule has 1 aromatic heterocycles. The molecule has 2 heterocycles. The number of benzene rings is 2. The Hall–Kier alpha value is -2.73. The second-order valence-corrected chi connectivity index (χ2v) is 5.91. The Labute approximate surface area is 139 Å². The maximum absolute atomic E-state index is 12.5. The van der Waals surface area contributed by atoms with Gasteiger partial charge in [0.25, 0.3) is 5.91 Å². The van der Waals surface area contributed by atoms with Crippen molar-refractivity contribution in [1.82, 2.24) is 20.8 Å². The topological polar surface area (TPSA) is 80.0 Å². The average Bonchev–Trinajstić information content (AvgIpc) is 3.30. The van der Waals surface area contributed by atoms with Crippen LogP contribution in [0.1, 0.15) is 41.0 Å². The maximum atomic E-state index is 12.5. The molecule has 1 saturated heterocycles. The van der Waals surface area contributed by atoms with E-state index in [4.69, 9.17) is 4.52 Å². The van der Waals surface area contributed by atoms with E-state index in [9.17, 15) is 4.79 Å². The smallest absolute Gasteiger partial charge is 0.252 e. The third-order valence-electron chi connectivity index (χ3n) is 4.28. The molecular formula is C18H18N4O2. The number of fused-ring (bicyclic) bond motifs is 1. The highest BCUT2D eigenvalue weighted by Gasteiger charge is 2.22. The maximum Gasteiger partial charge on any atom is 0.252 e. The lowest BCUT2D eigenvalue weighted by atomic mass is 10.0. The highest BCUT2D eigenvalue weighted by atomic mass is 16.5. The van der Waals surface area contributed by atoms with Crippen LogP contribution in [0.15, 0.2) is 47.0 Å². The van der Waals surface area contributed by atoms with Crippen molar-refractivity contribution in [3.8, 4) is 0 Å². The molecule has 0 unspecified atom stereocenters. The molecule has 1 amide bonds. The van der Waals surface area contributed by atoms with Crippen molar-refractivity contribution < 1.29 is 9.32 Å². The van der Waals surface area contributed by atoms with E-state index in [1.807, 2.05) is 42.5 Å². The lowest BCUT2D eigenvalue weighted by Gasteiger charge is -2.06. The largest absolute Gasteiger partial charge is 0.345 e. The first-order valence-electron chi connectivity index (χ1n) is 8.13. The van der Waals surface area contributed by atoms with Crippen molar-refractivity contribution in [3.05, 3.63) is 59.7 Å². The summed E-state index contributed by atoms with van der Waals surface area (Å²) in [4.78, 5) is 16.9. The SMILES string of the molecule is O=C(NCc1noc([C@@H]2CCCN2)n1)c1cccc2ccccc12. The summed E-state index contributed by atoms with van der Waals surface area (Å²) in [5.74, 6) is 0.950. The second kappa shape index (κ2) is 6.41. The molecule has 6 nitrogen and oxygen atoms in total. The number of aromatic nitrogens is 2. The molecule has 1 fully saturated rings. The van der Waals surface area contributed by atoms with Crippen LogP contribution < -0.4 is 10.6 Å². The van der Waals surface area contributed by atoms with E-state index in [1.54, 1.807) is 0 Å². The fourth-order valence-corrected chi connectivity index (χ4v) is 3.05. The minimum Gasteiger partial charge on any atom is -0.345 e. The number of amides is 1. The number of carbonyl (C=O) groups is 1. The van der Waals surface area contributed by atoms with E-state index in [-0.39, 0.29) is 18.5 Å². The van der Waals surface area contributed by atoms with Crippen molar-refractivity contribution in [1.29, 1.82) is 0 Å². The summed E-state index contributed by atoms with van der Waals surface area (Å²) in [6.45, 7) is 1.22. The molecule has 0 bridgehead atoms. The van der Waals surface area contributed by atoms with Gasteiger partial charge in [-0.3, -0.25) is 4.79 Å². The molecule has 0 aliphatic carbocycles. The van der Waals surface area contributed by atoms with Crippen molar-refractivity contribution in [2.24, 2.45) is 0 Å². The van der Waals surface area contributed by atoms with Crippen molar-refractivity contribution in [2.75, 3.05) is 6.54 Å². The predicted molar refractivity (Wildman–Crippen MR) is 89.4 cm³/mol. The van der Waals surface area contributed by atoms with Crippen molar-refractivity contribution in [3.63, 3.8) is 0 Å². The zero-order chi connectivity index (χ0) is 16.4. The number of carbonyl (C=O) groups excluding carboxylic acids is 1. The first-order chi connectivity index (χ1) is 11.8. The molecule has 3 aromatic rings. The normalized spacial score (nSPS) is 17.2. The molecule has 4 rings (SSSR count). The molecular weight excluding hydrogens is 304 g/mol. The fourth-order valence-electron chi connectivity index (χ4n) is 3.05. The lowest BCUT2D eigenvalue weighted by molar-refractivity contribution is 0.0951. The molecule has 122 valence electrons. The zero-order valence-corrected chi connectivity index (χ0v) is 13.2. The lowest BCUT2D eigenvalue weighted by Crippen LogP contribution is -2.23. The Morgan fingerprint density at radius 2 is 2.12 bits per heavy atom. The van der Waals surface area contributed by atoms with Crippen LogP contribution in [0, 0.1) is 0 Å². The van der Waals surface area contributed by atoms with Crippen LogP contribution in [0.3, 0.4) is 0 Å². The molecule has 0 spiro atoms. The zero-order valence-electron chi connectivity index (χ0n) is 13.2. The minimum absolute atomic E-state index is 0.139. The standard InChI is InChI=1S/C18H18N4O2/c23-17(14-8-3-6-12-5-1-2-7-13(12)14)20-11-16-21-18(24-22-16)15-9-4-10-19-15/h1-3,5-8,15,19H,4,9-11H2,(H,20,23)/t15-/m0/s1. The first-order valence-corrected chi connectivity index (χ1v) is 8.13. The van der Waals surface area contributed by atoms with E-state index in [0.29, 0.717) is 17.3 Å². The number of nitrogens with zero attached hydrogens (tertiary/aromatic N) is 2. The van der Waals surface area contributed by atoms with Gasteiger partial charge in [-0.1, -0.05) is 41.6 Å². The molecule has 6 heteroatoms. The van der Waals surface area contributed by atoms with Crippen LogP contribution in [0.5, 0.6) is 0 Å². The van der Waals surface area contributed by atoms with Gasteiger partial charge in [-0.15, -0.1) is 0 Å². The van der Waals surface area contributed by atoms with Crippen molar-refractivity contribution >= 4 is 16.7 Å². The van der Waals surface area contributed by atoms with E-state index in [0.717, 1.165) is 30.2 Å². The van der Waals surface area contributed by atoms with Crippen LogP contribution in [-0.4, -0.2) is 22.6 Å². The second-order valence-electron chi connectivity index (χ2n) is 5.91. The number of hydrogen-bond acceptors (Lipinski definition) is 5. The molecule has 2 aromatic carbocycles. The summed E-state index contributed by atoms with van der Waals surface area (Å²) in [5.41, 5.74) is 0.647. The minimum atomic E-state index is -0.142. The molecule has 1 aliphatic rings. The average molecular weight is 322 g/mol. The number of rotatable bonds is 4. The number of hydrogen-bond donors (Lipinski definition) is 2. The van der Waals surface area contributed by atoms with Gasteiger partial charge < -0.3 is 15.2 Å². The van der Waals surface area contributed by atoms with Gasteiger partial charge in [0.2, 0.25) is 5.89 Å². The Morgan fingerprint density at radius 1 is 1.25 bits per heavy atom. The summed E-state index contributed by atoms with van der Waals surface area (Å²) in [5, 5.41) is 12.1. The molecule has 24 heavy (non-hydrogen) atoms. The third kappa shape index (κ3) is 2.88. The Kier molecular flexibility index (Phi) is 3.96. The number of nitrogens with one attached hydrogen (secondary N) is 2. The van der Waals surface area contributed by atoms with Crippen LogP contribution >= 0.6 is 0 Å². The summed E-state index contributed by atoms with van der Waals surface area (Å²) in [6, 6.07) is 13.7. The van der Waals surface area contributed by atoms with Crippen LogP contribution in [0.4, 0.5) is 0 Å². The van der Waals surface area contributed by atoms with E-state index in [2.05, 4.69) is 20.8 Å². The van der Waals surface area contributed by atoms with Gasteiger partial charge in [-0.25, -0.2) is 0 Å². The van der Waals surface area contributed by atoms with E-state index >= 15 is 0 Å². The molecule has 1 atom stereocenters. The summed E-state index contributed by atoms with van der Waals surface area (Å²) < 4.78 is 5.28. The van der Waals surface area contributed by atoms with Gasteiger partial charge in [0.1, 0.15) is 0 Å². The van der Waals surface area contributed by atoms with Gasteiger partial charge >= 0.3 is 0 Å². The molecule has 0 saturated carbocycles. The first kappa shape index (κ1) is 14.8. The molecule has 0 radical (unpaired) electrons. The molecule has 1 aliphatic heterocycles. The Bertz CT molecular complexity index is 863. The third-order valence-corrected chi connectivity index (χ3v) is 4.28. The van der Waals surface area contributed by atoms with Gasteiger partial charge in [0.05, 0.1) is 12.6 Å². The van der Waals surface area contributed by atoms with Crippen LogP contribution in [0.2, 0.25) is 0 Å². The van der Waals surface area contributed by atoms with Crippen LogP contribution in [-0.2, 0) is 6.54 Å². The highest BCUT2D eigenvalue weighted by molar-refractivity contribution is 6.06. The monoisotopic (exact) mass is 322 g/mol. The van der Waals surface area contributed by atoms with E-state index < -0.39 is 0 Å². The Morgan fingerprint density at radius 3 is 3.00 bits per heavy atom. The van der Waals surface area contributed by atoms with Gasteiger partial charge in [-0.05, 0) is 36.2 Å². The summed E-state index contributed by atoms with van der Waals surface area (Å²) in [7, 11) is 0. The fraction of sp³-hybridized carbons (Fsp3) is 0.278. The van der Waals surface area contributed by atoms with Gasteiger partial charge in [0.15, 0.2) is 5.82 Å². The predicted octanol–water partition coefficient (Wildman–Crippen LogP) is 2.58. The quantitative estimate of drug-likeness (QED) is 0.772. The van der Waals surface area contributed by atoms with E-state index in [1.165, 1.54) is 0 Å². The summed E-state index contributed by atoms with van der Waals surface area (Å²) >= 11 is 0. The Balaban J connectivity index is 1.46. The van der Waals surface area contributed by atoms with Gasteiger partial charge in [-0.2, -0.15) is 4.98 Å². The van der Waals surface area contributed by atoms with Gasteiger partial charge in [0, 0.05) is 5.56 Å². The van der Waals surface area contributed by atoms with Crippen molar-refractivity contribution in [2.45, 2.75) is 25.4 Å². The van der Waals surface area contributed by atoms with Crippen LogP contribution in [0.25, 0.3) is 10.8 Å².